The van der Waals surface area contributed by atoms with Crippen LogP contribution in [0.25, 0.3) is 0 Å². The number of nitrogens with one attached hydrogen (secondary N) is 1. The smallest absolute Gasteiger partial charge is 0.258 e. The predicted octanol–water partition coefficient (Wildman–Crippen LogP) is 5.49. The fourth-order valence-electron chi connectivity index (χ4n) is 2.75. The van der Waals surface area contributed by atoms with Crippen LogP contribution in [0.4, 0.5) is 11.4 Å². The van der Waals surface area contributed by atoms with Crippen LogP contribution in [0.1, 0.15) is 20.8 Å². The Balaban J connectivity index is 2.36. The number of ketones is 1. The molecule has 11 heteroatoms. The molecule has 9 nitrogen and oxygen atoms in total. The number of carbonyl (C=O) groups excluding carboxylic acids is 2. The van der Waals surface area contributed by atoms with Gasteiger partial charge in [-0.25, -0.2) is 0 Å². The molecule has 178 valence electrons. The Morgan fingerprint density at radius 1 is 0.939 bits per heavy atom. The maximum Gasteiger partial charge on any atom is 0.258 e. The van der Waals surface area contributed by atoms with Crippen molar-refractivity contribution >= 4 is 46.3 Å². The van der Waals surface area contributed by atoms with Gasteiger partial charge in [-0.15, -0.1) is 0 Å². The molecule has 2 aromatic rings. The van der Waals surface area contributed by atoms with Crippen LogP contribution in [-0.4, -0.2) is 45.2 Å². The average Bonchev–Trinajstić information content (AvgIpc) is 2.76. The molecular weight excluding hydrogens is 473 g/mol. The van der Waals surface area contributed by atoms with Crippen LogP contribution in [0.3, 0.4) is 0 Å². The first-order valence-electron chi connectivity index (χ1n) is 9.98. The number of carbonyl (C=O) groups is 2. The van der Waals surface area contributed by atoms with Crippen molar-refractivity contribution < 1.29 is 28.5 Å². The van der Waals surface area contributed by atoms with Crippen LogP contribution < -0.4 is 24.3 Å². The third-order valence-corrected chi connectivity index (χ3v) is 4.85. The second-order valence-electron chi connectivity index (χ2n) is 6.52. The van der Waals surface area contributed by atoms with Gasteiger partial charge in [0, 0.05) is 18.2 Å². The van der Waals surface area contributed by atoms with Gasteiger partial charge in [-0.2, -0.15) is 10.2 Å². The topological polar surface area (TPSA) is 108 Å². The Morgan fingerprint density at radius 2 is 1.61 bits per heavy atom. The lowest BCUT2D eigenvalue weighted by Gasteiger charge is -2.16. The van der Waals surface area contributed by atoms with Crippen LogP contribution in [0.5, 0.6) is 23.0 Å². The SMILES string of the molecule is CCOc1cc(Cl)c(NC(=O)C(N=Nc2cc(Cl)c(OC)cc2OC)C(C)=O)c(OCC)c1. The van der Waals surface area contributed by atoms with Crippen molar-refractivity contribution in [2.75, 3.05) is 32.8 Å². The molecular formula is C22H25Cl2N3O6. The second kappa shape index (κ2) is 12.3. The normalized spacial score (nSPS) is 11.7. The zero-order valence-corrected chi connectivity index (χ0v) is 20.4. The summed E-state index contributed by atoms with van der Waals surface area (Å²) in [5.74, 6) is 0.185. The number of methoxy groups -OCH3 is 2. The molecule has 1 N–H and O–H groups in total. The summed E-state index contributed by atoms with van der Waals surface area (Å²) in [5.41, 5.74) is 0.412. The molecule has 0 heterocycles. The Kier molecular flexibility index (Phi) is 9.74. The lowest BCUT2D eigenvalue weighted by molar-refractivity contribution is -0.126. The summed E-state index contributed by atoms with van der Waals surface area (Å²) in [6.45, 7) is 5.59. The second-order valence-corrected chi connectivity index (χ2v) is 7.34. The van der Waals surface area contributed by atoms with Gasteiger partial charge in [-0.05, 0) is 26.8 Å². The van der Waals surface area contributed by atoms with Crippen molar-refractivity contribution in [3.63, 3.8) is 0 Å². The van der Waals surface area contributed by atoms with E-state index < -0.39 is 17.7 Å². The maximum absolute atomic E-state index is 12.9. The van der Waals surface area contributed by atoms with Crippen LogP contribution in [-0.2, 0) is 9.59 Å². The number of Topliss-reactive ketones (excluding diaryl/α,β-unsaturated/α-hetero) is 1. The molecule has 2 aromatic carbocycles. The van der Waals surface area contributed by atoms with Crippen LogP contribution in [0.2, 0.25) is 10.0 Å². The molecule has 0 aliphatic rings. The van der Waals surface area contributed by atoms with E-state index in [-0.39, 0.29) is 21.4 Å². The van der Waals surface area contributed by atoms with Gasteiger partial charge in [-0.1, -0.05) is 23.2 Å². The van der Waals surface area contributed by atoms with Gasteiger partial charge in [0.1, 0.15) is 34.4 Å². The van der Waals surface area contributed by atoms with Crippen LogP contribution in [0.15, 0.2) is 34.5 Å². The van der Waals surface area contributed by atoms with Crippen molar-refractivity contribution in [1.82, 2.24) is 0 Å². The fraction of sp³-hybridized carbons (Fsp3) is 0.364. The highest BCUT2D eigenvalue weighted by Gasteiger charge is 2.26. The lowest BCUT2D eigenvalue weighted by Crippen LogP contribution is -2.32. The first-order chi connectivity index (χ1) is 15.7. The summed E-state index contributed by atoms with van der Waals surface area (Å²) >= 11 is 12.5. The van der Waals surface area contributed by atoms with E-state index in [9.17, 15) is 9.59 Å². The van der Waals surface area contributed by atoms with E-state index in [1.54, 1.807) is 13.0 Å². The third kappa shape index (κ3) is 6.72. The monoisotopic (exact) mass is 497 g/mol. The van der Waals surface area contributed by atoms with Gasteiger partial charge in [0.25, 0.3) is 5.91 Å². The number of azo groups is 1. The lowest BCUT2D eigenvalue weighted by atomic mass is 10.2. The highest BCUT2D eigenvalue weighted by molar-refractivity contribution is 6.34. The number of ether oxygens (including phenoxy) is 4. The molecule has 1 unspecified atom stereocenters. The number of benzene rings is 2. The minimum atomic E-state index is -1.45. The van der Waals surface area contributed by atoms with Crippen molar-refractivity contribution in [2.45, 2.75) is 26.8 Å². The number of halogens is 2. The number of anilines is 1. The number of rotatable bonds is 11. The van der Waals surface area contributed by atoms with Gasteiger partial charge in [0.15, 0.2) is 5.78 Å². The number of amides is 1. The molecule has 0 bridgehead atoms. The van der Waals surface area contributed by atoms with E-state index in [2.05, 4.69) is 15.5 Å². The zero-order valence-electron chi connectivity index (χ0n) is 18.9. The van der Waals surface area contributed by atoms with Crippen LogP contribution >= 0.6 is 23.2 Å². The largest absolute Gasteiger partial charge is 0.495 e. The summed E-state index contributed by atoms with van der Waals surface area (Å²) in [6.07, 6.45) is 0. The van der Waals surface area contributed by atoms with E-state index in [1.165, 1.54) is 39.3 Å². The molecule has 0 spiro atoms. The number of nitrogens with zero attached hydrogens (tertiary/aromatic N) is 2. The Hall–Kier alpha value is -3.04. The first-order valence-corrected chi connectivity index (χ1v) is 10.7. The maximum atomic E-state index is 12.9. The van der Waals surface area contributed by atoms with Crippen LogP contribution in [0, 0.1) is 0 Å². The van der Waals surface area contributed by atoms with Crippen molar-refractivity contribution in [3.8, 4) is 23.0 Å². The van der Waals surface area contributed by atoms with Gasteiger partial charge < -0.3 is 24.3 Å². The van der Waals surface area contributed by atoms with Gasteiger partial charge in [-0.3, -0.25) is 9.59 Å². The van der Waals surface area contributed by atoms with Crippen molar-refractivity contribution in [2.24, 2.45) is 10.2 Å². The predicted molar refractivity (Wildman–Crippen MR) is 126 cm³/mol. The van der Waals surface area contributed by atoms with Crippen molar-refractivity contribution in [3.05, 3.63) is 34.3 Å². The summed E-state index contributed by atoms with van der Waals surface area (Å²) in [7, 11) is 2.89. The molecule has 1 amide bonds. The molecule has 1 atom stereocenters. The molecule has 0 aliphatic carbocycles. The molecule has 0 radical (unpaired) electrons. The standard InChI is InChI=1S/C22H25Cl2N3O6/c1-6-32-13-8-15(24)21(19(9-13)33-7-2)25-22(29)20(12(3)28)27-26-16-10-14(23)17(30-4)11-18(16)31-5/h8-11,20H,6-7H2,1-5H3,(H,25,29). The minimum absolute atomic E-state index is 0.181. The summed E-state index contributed by atoms with van der Waals surface area (Å²) in [4.78, 5) is 25.1. The Morgan fingerprint density at radius 3 is 2.18 bits per heavy atom. The fourth-order valence-corrected chi connectivity index (χ4v) is 3.23. The Labute approximate surface area is 202 Å². The Bertz CT molecular complexity index is 1050. The molecule has 0 saturated carbocycles. The molecule has 0 aliphatic heterocycles. The third-order valence-electron chi connectivity index (χ3n) is 4.25. The molecule has 33 heavy (non-hydrogen) atoms. The molecule has 0 aromatic heterocycles. The molecule has 0 saturated heterocycles. The summed E-state index contributed by atoms with van der Waals surface area (Å²) in [6, 6.07) is 4.66. The quantitative estimate of drug-likeness (QED) is 0.324. The number of hydrogen-bond donors (Lipinski definition) is 1. The van der Waals surface area contributed by atoms with E-state index in [0.29, 0.717) is 36.2 Å². The van der Waals surface area contributed by atoms with E-state index in [1.807, 2.05) is 6.92 Å². The summed E-state index contributed by atoms with van der Waals surface area (Å²) < 4.78 is 21.4. The highest BCUT2D eigenvalue weighted by atomic mass is 35.5. The van der Waals surface area contributed by atoms with E-state index >= 15 is 0 Å². The zero-order chi connectivity index (χ0) is 24.5. The van der Waals surface area contributed by atoms with E-state index in [4.69, 9.17) is 42.1 Å². The van der Waals surface area contributed by atoms with Gasteiger partial charge >= 0.3 is 0 Å². The van der Waals surface area contributed by atoms with Gasteiger partial charge in [0.05, 0.1) is 37.5 Å². The van der Waals surface area contributed by atoms with Crippen molar-refractivity contribution in [1.29, 1.82) is 0 Å². The average molecular weight is 498 g/mol. The van der Waals surface area contributed by atoms with E-state index in [0.717, 1.165) is 0 Å². The molecule has 2 rings (SSSR count). The summed E-state index contributed by atoms with van der Waals surface area (Å²) in [5, 5.41) is 11.0. The first kappa shape index (κ1) is 26.2. The number of hydrogen-bond acceptors (Lipinski definition) is 8. The minimum Gasteiger partial charge on any atom is -0.495 e. The molecule has 0 fully saturated rings. The van der Waals surface area contributed by atoms with Gasteiger partial charge in [0.2, 0.25) is 6.04 Å². The highest BCUT2D eigenvalue weighted by Crippen LogP contribution is 2.39.